The zero-order valence-electron chi connectivity index (χ0n) is 52.6. The van der Waals surface area contributed by atoms with Crippen LogP contribution < -0.4 is 0 Å². The minimum absolute atomic E-state index is 0.0807. The van der Waals surface area contributed by atoms with Crippen molar-refractivity contribution in [1.82, 2.24) is 0 Å². The van der Waals surface area contributed by atoms with Gasteiger partial charge in [0.25, 0.3) is 0 Å². The number of rotatable bonds is 63. The summed E-state index contributed by atoms with van der Waals surface area (Å²) in [4.78, 5) is 38.3. The lowest BCUT2D eigenvalue weighted by atomic mass is 10.0. The van der Waals surface area contributed by atoms with E-state index in [1.54, 1.807) is 0 Å². The van der Waals surface area contributed by atoms with Crippen LogP contribution in [0.2, 0.25) is 0 Å². The zero-order chi connectivity index (χ0) is 57.1. The van der Waals surface area contributed by atoms with Crippen LogP contribution in [0.4, 0.5) is 0 Å². The standard InChI is InChI=1S/C73H130O6/c1-4-7-10-13-16-19-22-25-27-29-30-31-32-33-34-35-36-37-38-39-40-41-42-44-45-48-51-54-57-60-63-66-72(75)78-69-70(68-77-71(74)65-62-59-56-53-50-47-24-21-18-15-12-9-6-3)79-73(76)67-64-61-58-55-52-49-46-43-28-26-23-20-17-14-11-8-5-2/h9,12,18,21-22,25,29-30,32-33,47,50,70H,4-8,10-11,13-17,19-20,23-24,26-28,31,34-46,48-49,51-69H2,1-3H3/b12-9-,21-18-,25-22-,30-29-,33-32-,50-47-. The Labute approximate surface area is 491 Å². The molecule has 0 radical (unpaired) electrons. The fraction of sp³-hybridized carbons (Fsp3) is 0.795. The summed E-state index contributed by atoms with van der Waals surface area (Å²) in [6.45, 7) is 6.54. The number of carbonyl (C=O) groups excluding carboxylic acids is 3. The second-order valence-electron chi connectivity index (χ2n) is 23.1. The largest absolute Gasteiger partial charge is 0.462 e. The molecule has 0 saturated heterocycles. The van der Waals surface area contributed by atoms with Crippen molar-refractivity contribution >= 4 is 17.9 Å². The molecule has 458 valence electrons. The van der Waals surface area contributed by atoms with Gasteiger partial charge in [0.2, 0.25) is 0 Å². The molecule has 0 amide bonds. The molecular weight excluding hydrogens is 973 g/mol. The predicted molar refractivity (Wildman–Crippen MR) is 344 cm³/mol. The smallest absolute Gasteiger partial charge is 0.306 e. The molecule has 0 rings (SSSR count). The third-order valence-electron chi connectivity index (χ3n) is 15.2. The number of esters is 3. The molecule has 0 spiro atoms. The highest BCUT2D eigenvalue weighted by Gasteiger charge is 2.19. The fourth-order valence-corrected chi connectivity index (χ4v) is 10.1. The van der Waals surface area contributed by atoms with E-state index in [4.69, 9.17) is 14.2 Å². The lowest BCUT2D eigenvalue weighted by Crippen LogP contribution is -2.30. The molecule has 6 heteroatoms. The van der Waals surface area contributed by atoms with Crippen LogP contribution >= 0.6 is 0 Å². The molecule has 0 heterocycles. The highest BCUT2D eigenvalue weighted by molar-refractivity contribution is 5.71. The van der Waals surface area contributed by atoms with Crippen LogP contribution in [0.25, 0.3) is 0 Å². The lowest BCUT2D eigenvalue weighted by molar-refractivity contribution is -0.167. The van der Waals surface area contributed by atoms with Crippen LogP contribution in [0.5, 0.6) is 0 Å². The Morgan fingerprint density at radius 3 is 0.785 bits per heavy atom. The Bertz CT molecular complexity index is 1450. The number of hydrogen-bond donors (Lipinski definition) is 0. The molecule has 1 unspecified atom stereocenters. The summed E-state index contributed by atoms with van der Waals surface area (Å²) in [5.41, 5.74) is 0. The van der Waals surface area contributed by atoms with Gasteiger partial charge in [0.05, 0.1) is 0 Å². The molecule has 6 nitrogen and oxygen atoms in total. The molecule has 0 aliphatic heterocycles. The van der Waals surface area contributed by atoms with Gasteiger partial charge in [-0.3, -0.25) is 14.4 Å². The second-order valence-corrected chi connectivity index (χ2v) is 23.1. The molecule has 1 atom stereocenters. The van der Waals surface area contributed by atoms with Crippen molar-refractivity contribution in [3.63, 3.8) is 0 Å². The molecule has 0 N–H and O–H groups in total. The van der Waals surface area contributed by atoms with E-state index >= 15 is 0 Å². The van der Waals surface area contributed by atoms with Crippen molar-refractivity contribution in [2.24, 2.45) is 0 Å². The minimum atomic E-state index is -0.786. The fourth-order valence-electron chi connectivity index (χ4n) is 10.1. The van der Waals surface area contributed by atoms with Crippen LogP contribution in [0, 0.1) is 0 Å². The third-order valence-corrected chi connectivity index (χ3v) is 15.2. The maximum absolute atomic E-state index is 12.9. The van der Waals surface area contributed by atoms with E-state index in [0.717, 1.165) is 96.3 Å². The van der Waals surface area contributed by atoms with Crippen molar-refractivity contribution in [2.75, 3.05) is 13.2 Å². The first-order chi connectivity index (χ1) is 39.0. The number of ether oxygens (including phenoxy) is 3. The molecule has 0 aromatic carbocycles. The lowest BCUT2D eigenvalue weighted by Gasteiger charge is -2.18. The molecular formula is C73H130O6. The topological polar surface area (TPSA) is 78.9 Å². The van der Waals surface area contributed by atoms with Crippen molar-refractivity contribution in [1.29, 1.82) is 0 Å². The molecule has 0 aromatic rings. The van der Waals surface area contributed by atoms with E-state index in [-0.39, 0.29) is 31.1 Å². The monoisotopic (exact) mass is 1100 g/mol. The summed E-state index contributed by atoms with van der Waals surface area (Å²) in [6.07, 6.45) is 87.9. The van der Waals surface area contributed by atoms with E-state index in [9.17, 15) is 14.4 Å². The average molecular weight is 1100 g/mol. The van der Waals surface area contributed by atoms with E-state index in [0.29, 0.717) is 19.3 Å². The second kappa shape index (κ2) is 67.4. The quantitative estimate of drug-likeness (QED) is 0.0261. The molecule has 0 fully saturated rings. The van der Waals surface area contributed by atoms with Crippen LogP contribution in [-0.2, 0) is 28.6 Å². The highest BCUT2D eigenvalue weighted by Crippen LogP contribution is 2.18. The number of carbonyl (C=O) groups is 3. The van der Waals surface area contributed by atoms with Gasteiger partial charge in [0.15, 0.2) is 6.10 Å². The van der Waals surface area contributed by atoms with Gasteiger partial charge in [-0.25, -0.2) is 0 Å². The van der Waals surface area contributed by atoms with Crippen LogP contribution in [0.15, 0.2) is 72.9 Å². The first kappa shape index (κ1) is 75.8. The van der Waals surface area contributed by atoms with E-state index < -0.39 is 6.10 Å². The van der Waals surface area contributed by atoms with Gasteiger partial charge in [-0.15, -0.1) is 0 Å². The summed E-state index contributed by atoms with van der Waals surface area (Å²) >= 11 is 0. The van der Waals surface area contributed by atoms with Crippen molar-refractivity contribution < 1.29 is 28.6 Å². The number of unbranched alkanes of at least 4 members (excludes halogenated alkanes) is 40. The van der Waals surface area contributed by atoms with Gasteiger partial charge in [-0.1, -0.05) is 318 Å². The third kappa shape index (κ3) is 65.5. The SMILES string of the molecule is CC/C=C\C/C=C\C/C=C\CCCCCC(=O)OCC(COC(=O)CCCCCCCCCCCCCCCCCC/C=C\C/C=C\C/C=C\CCCCCCC)OC(=O)CCCCCCCCCCCCCCCCCCC. The Kier molecular flexibility index (Phi) is 64.7. The minimum Gasteiger partial charge on any atom is -0.462 e. The Balaban J connectivity index is 4.19. The average Bonchev–Trinajstić information content (AvgIpc) is 3.45. The van der Waals surface area contributed by atoms with Crippen molar-refractivity contribution in [3.8, 4) is 0 Å². The van der Waals surface area contributed by atoms with Crippen LogP contribution in [0.1, 0.15) is 355 Å². The molecule has 0 bridgehead atoms. The van der Waals surface area contributed by atoms with Crippen molar-refractivity contribution in [3.05, 3.63) is 72.9 Å². The first-order valence-electron chi connectivity index (χ1n) is 34.4. The number of allylic oxidation sites excluding steroid dienone is 12. The van der Waals surface area contributed by atoms with Crippen molar-refractivity contribution in [2.45, 2.75) is 361 Å². The van der Waals surface area contributed by atoms with Gasteiger partial charge < -0.3 is 14.2 Å². The van der Waals surface area contributed by atoms with Gasteiger partial charge >= 0.3 is 17.9 Å². The molecule has 0 aliphatic carbocycles. The van der Waals surface area contributed by atoms with E-state index in [2.05, 4.69) is 93.7 Å². The van der Waals surface area contributed by atoms with E-state index in [1.807, 2.05) is 0 Å². The van der Waals surface area contributed by atoms with Gasteiger partial charge in [0, 0.05) is 19.3 Å². The van der Waals surface area contributed by atoms with Gasteiger partial charge in [0.1, 0.15) is 13.2 Å². The van der Waals surface area contributed by atoms with Crippen LogP contribution in [0.3, 0.4) is 0 Å². The summed E-state index contributed by atoms with van der Waals surface area (Å²) in [7, 11) is 0. The summed E-state index contributed by atoms with van der Waals surface area (Å²) in [5, 5.41) is 0. The van der Waals surface area contributed by atoms with Crippen LogP contribution in [-0.4, -0.2) is 37.2 Å². The Morgan fingerprint density at radius 2 is 0.494 bits per heavy atom. The maximum atomic E-state index is 12.9. The van der Waals surface area contributed by atoms with Gasteiger partial charge in [-0.2, -0.15) is 0 Å². The molecule has 0 aromatic heterocycles. The zero-order valence-corrected chi connectivity index (χ0v) is 52.6. The molecule has 0 saturated carbocycles. The molecule has 79 heavy (non-hydrogen) atoms. The first-order valence-corrected chi connectivity index (χ1v) is 34.4. The summed E-state index contributed by atoms with van der Waals surface area (Å²) in [6, 6.07) is 0. The highest BCUT2D eigenvalue weighted by atomic mass is 16.6. The van der Waals surface area contributed by atoms with Gasteiger partial charge in [-0.05, 0) is 89.9 Å². The normalized spacial score (nSPS) is 12.5. The van der Waals surface area contributed by atoms with E-state index in [1.165, 1.54) is 218 Å². The number of hydrogen-bond acceptors (Lipinski definition) is 6. The molecule has 0 aliphatic rings. The Hall–Kier alpha value is -3.15. The Morgan fingerprint density at radius 1 is 0.266 bits per heavy atom. The summed E-state index contributed by atoms with van der Waals surface area (Å²) < 4.78 is 16.9. The maximum Gasteiger partial charge on any atom is 0.306 e. The predicted octanol–water partition coefficient (Wildman–Crippen LogP) is 23.7. The summed E-state index contributed by atoms with van der Waals surface area (Å²) in [5.74, 6) is -0.892.